The number of aromatic nitrogens is 2. The molecule has 2 heterocycles. The topological polar surface area (TPSA) is 75.6 Å². The van der Waals surface area contributed by atoms with E-state index in [1.807, 2.05) is 0 Å². The van der Waals surface area contributed by atoms with Gasteiger partial charge in [-0.1, -0.05) is 13.8 Å². The van der Waals surface area contributed by atoms with Crippen molar-refractivity contribution in [3.63, 3.8) is 0 Å². The highest BCUT2D eigenvalue weighted by Crippen LogP contribution is 2.22. The highest BCUT2D eigenvalue weighted by molar-refractivity contribution is 5.84. The fourth-order valence-electron chi connectivity index (χ4n) is 3.09. The van der Waals surface area contributed by atoms with Crippen LogP contribution in [-0.2, 0) is 14.3 Å². The van der Waals surface area contributed by atoms with E-state index in [0.717, 1.165) is 12.8 Å². The molecule has 1 aromatic rings. The summed E-state index contributed by atoms with van der Waals surface area (Å²) in [7, 11) is 0. The number of rotatable bonds is 7. The summed E-state index contributed by atoms with van der Waals surface area (Å²) in [4.78, 5) is 35.4. The van der Waals surface area contributed by atoms with Crippen LogP contribution >= 0.6 is 0 Å². The average molecular weight is 402 g/mol. The Labute approximate surface area is 161 Å². The molecule has 1 fully saturated rings. The first-order chi connectivity index (χ1) is 13.2. The Bertz CT molecular complexity index is 655. The molecule has 1 atom stereocenters. The first-order valence-corrected chi connectivity index (χ1v) is 9.22. The Morgan fingerprint density at radius 3 is 2.57 bits per heavy atom. The standard InChI is InChI=1S/C18H25F3N4O3/c1-13(2)10-24(12-18(19,20)21)15(26)11-28-16(27)14-6-3-4-9-25(14)17-22-7-5-8-23-17/h5,7-8,13-14H,3-4,6,9-12H2,1-2H3. The van der Waals surface area contributed by atoms with E-state index >= 15 is 0 Å². The minimum atomic E-state index is -4.51. The van der Waals surface area contributed by atoms with Gasteiger partial charge in [0.2, 0.25) is 5.95 Å². The van der Waals surface area contributed by atoms with Crippen molar-refractivity contribution in [3.05, 3.63) is 18.5 Å². The normalized spacial score (nSPS) is 17.5. The molecule has 0 N–H and O–H groups in total. The maximum atomic E-state index is 12.7. The number of esters is 1. The molecule has 156 valence electrons. The molecule has 0 spiro atoms. The lowest BCUT2D eigenvalue weighted by atomic mass is 10.0. The van der Waals surface area contributed by atoms with Gasteiger partial charge in [-0.25, -0.2) is 14.8 Å². The Balaban J connectivity index is 1.99. The minimum Gasteiger partial charge on any atom is -0.454 e. The lowest BCUT2D eigenvalue weighted by Gasteiger charge is -2.34. The van der Waals surface area contributed by atoms with Gasteiger partial charge in [-0.2, -0.15) is 13.2 Å². The van der Waals surface area contributed by atoms with Crippen LogP contribution in [0.25, 0.3) is 0 Å². The number of hydrogen-bond acceptors (Lipinski definition) is 6. The molecule has 1 unspecified atom stereocenters. The zero-order chi connectivity index (χ0) is 20.7. The number of halogens is 3. The van der Waals surface area contributed by atoms with E-state index < -0.39 is 37.2 Å². The van der Waals surface area contributed by atoms with Gasteiger partial charge in [-0.3, -0.25) is 4.79 Å². The number of amides is 1. The Morgan fingerprint density at radius 2 is 1.96 bits per heavy atom. The number of carbonyl (C=O) groups is 2. The lowest BCUT2D eigenvalue weighted by Crippen LogP contribution is -2.48. The second-order valence-electron chi connectivity index (χ2n) is 7.14. The Hall–Kier alpha value is -2.39. The predicted molar refractivity (Wildman–Crippen MR) is 95.4 cm³/mol. The number of alkyl halides is 3. The van der Waals surface area contributed by atoms with Crippen LogP contribution < -0.4 is 4.90 Å². The number of ether oxygens (including phenoxy) is 1. The fraction of sp³-hybridized carbons (Fsp3) is 0.667. The summed E-state index contributed by atoms with van der Waals surface area (Å²) in [6.07, 6.45) is 0.760. The molecular formula is C18H25F3N4O3. The van der Waals surface area contributed by atoms with Crippen LogP contribution in [-0.4, -0.2) is 65.2 Å². The summed E-state index contributed by atoms with van der Waals surface area (Å²) >= 11 is 0. The molecule has 0 saturated carbocycles. The molecule has 0 aliphatic carbocycles. The van der Waals surface area contributed by atoms with Gasteiger partial charge >= 0.3 is 12.1 Å². The second kappa shape index (κ2) is 9.70. The summed E-state index contributed by atoms with van der Waals surface area (Å²) in [6.45, 7) is 1.83. The van der Waals surface area contributed by atoms with E-state index in [4.69, 9.17) is 4.74 Å². The van der Waals surface area contributed by atoms with Crippen molar-refractivity contribution in [1.29, 1.82) is 0 Å². The third-order valence-electron chi connectivity index (χ3n) is 4.23. The molecule has 10 heteroatoms. The third kappa shape index (κ3) is 6.65. The summed E-state index contributed by atoms with van der Waals surface area (Å²) in [5.41, 5.74) is 0. The van der Waals surface area contributed by atoms with Crippen molar-refractivity contribution in [2.75, 3.05) is 31.1 Å². The van der Waals surface area contributed by atoms with Gasteiger partial charge < -0.3 is 14.5 Å². The van der Waals surface area contributed by atoms with Gasteiger partial charge in [0.15, 0.2) is 6.61 Å². The van der Waals surface area contributed by atoms with Crippen LogP contribution in [0.3, 0.4) is 0 Å². The van der Waals surface area contributed by atoms with Crippen molar-refractivity contribution < 1.29 is 27.5 Å². The van der Waals surface area contributed by atoms with Crippen LogP contribution in [0.5, 0.6) is 0 Å². The van der Waals surface area contributed by atoms with Gasteiger partial charge in [0.1, 0.15) is 12.6 Å². The molecule has 1 aliphatic rings. The van der Waals surface area contributed by atoms with E-state index in [9.17, 15) is 22.8 Å². The Morgan fingerprint density at radius 1 is 1.29 bits per heavy atom. The molecular weight excluding hydrogens is 377 g/mol. The summed E-state index contributed by atoms with van der Waals surface area (Å²) in [5.74, 6) is -1.28. The van der Waals surface area contributed by atoms with E-state index in [0.29, 0.717) is 23.8 Å². The maximum Gasteiger partial charge on any atom is 0.406 e. The number of nitrogens with zero attached hydrogens (tertiary/aromatic N) is 4. The van der Waals surface area contributed by atoms with Crippen molar-refractivity contribution in [2.24, 2.45) is 5.92 Å². The summed E-state index contributed by atoms with van der Waals surface area (Å²) in [6, 6.07) is 0.994. The number of anilines is 1. The second-order valence-corrected chi connectivity index (χ2v) is 7.14. The summed E-state index contributed by atoms with van der Waals surface area (Å²) < 4.78 is 43.2. The zero-order valence-corrected chi connectivity index (χ0v) is 16.0. The van der Waals surface area contributed by atoms with Crippen LogP contribution in [0.15, 0.2) is 18.5 Å². The number of piperidine rings is 1. The SMILES string of the molecule is CC(C)CN(CC(F)(F)F)C(=O)COC(=O)C1CCCCN1c1ncccn1. The lowest BCUT2D eigenvalue weighted by molar-refractivity contribution is -0.167. The first kappa shape index (κ1) is 21.9. The molecule has 28 heavy (non-hydrogen) atoms. The van der Waals surface area contributed by atoms with Crippen LogP contribution in [0.2, 0.25) is 0 Å². The molecule has 1 amide bonds. The fourth-order valence-corrected chi connectivity index (χ4v) is 3.09. The quantitative estimate of drug-likeness (QED) is 0.652. The average Bonchev–Trinajstić information content (AvgIpc) is 2.64. The van der Waals surface area contributed by atoms with Crippen LogP contribution in [0.1, 0.15) is 33.1 Å². The smallest absolute Gasteiger partial charge is 0.406 e. The van der Waals surface area contributed by atoms with Crippen LogP contribution in [0.4, 0.5) is 19.1 Å². The van der Waals surface area contributed by atoms with E-state index in [-0.39, 0.29) is 12.5 Å². The van der Waals surface area contributed by atoms with Gasteiger partial charge in [0.25, 0.3) is 5.91 Å². The van der Waals surface area contributed by atoms with Crippen molar-refractivity contribution in [1.82, 2.24) is 14.9 Å². The predicted octanol–water partition coefficient (Wildman–Crippen LogP) is 2.43. The third-order valence-corrected chi connectivity index (χ3v) is 4.23. The van der Waals surface area contributed by atoms with E-state index in [1.165, 1.54) is 0 Å². The highest BCUT2D eigenvalue weighted by Gasteiger charge is 2.35. The van der Waals surface area contributed by atoms with Gasteiger partial charge in [-0.05, 0) is 31.2 Å². The van der Waals surface area contributed by atoms with E-state index in [1.54, 1.807) is 37.2 Å². The molecule has 1 aromatic heterocycles. The van der Waals surface area contributed by atoms with Crippen molar-refractivity contribution in [2.45, 2.75) is 45.3 Å². The van der Waals surface area contributed by atoms with Crippen molar-refractivity contribution in [3.8, 4) is 0 Å². The molecule has 1 saturated heterocycles. The minimum absolute atomic E-state index is 0.0662. The van der Waals surface area contributed by atoms with Gasteiger partial charge in [0.05, 0.1) is 0 Å². The molecule has 0 bridgehead atoms. The summed E-state index contributed by atoms with van der Waals surface area (Å²) in [5, 5.41) is 0. The Kier molecular flexibility index (Phi) is 7.59. The first-order valence-electron chi connectivity index (χ1n) is 9.22. The van der Waals surface area contributed by atoms with Gasteiger partial charge in [-0.15, -0.1) is 0 Å². The zero-order valence-electron chi connectivity index (χ0n) is 16.0. The number of carbonyl (C=O) groups excluding carboxylic acids is 2. The molecule has 1 aliphatic heterocycles. The molecule has 7 nitrogen and oxygen atoms in total. The largest absolute Gasteiger partial charge is 0.454 e. The maximum absolute atomic E-state index is 12.7. The molecule has 0 aromatic carbocycles. The molecule has 0 radical (unpaired) electrons. The van der Waals surface area contributed by atoms with E-state index in [2.05, 4.69) is 9.97 Å². The van der Waals surface area contributed by atoms with Gasteiger partial charge in [0, 0.05) is 25.5 Å². The molecule has 2 rings (SSSR count). The monoisotopic (exact) mass is 402 g/mol. The number of hydrogen-bond donors (Lipinski definition) is 0. The van der Waals surface area contributed by atoms with Crippen molar-refractivity contribution >= 4 is 17.8 Å². The van der Waals surface area contributed by atoms with Crippen LogP contribution in [0, 0.1) is 5.92 Å². The highest BCUT2D eigenvalue weighted by atomic mass is 19.4.